The van der Waals surface area contributed by atoms with Crippen LogP contribution in [0.5, 0.6) is 0 Å². The van der Waals surface area contributed by atoms with E-state index in [9.17, 15) is 9.59 Å². The average Bonchev–Trinajstić information content (AvgIpc) is 2.89. The van der Waals surface area contributed by atoms with Crippen molar-refractivity contribution >= 4 is 23.5 Å². The first kappa shape index (κ1) is 17.0. The van der Waals surface area contributed by atoms with Gasteiger partial charge in [-0.1, -0.05) is 23.7 Å². The topological polar surface area (TPSA) is 93.4 Å². The summed E-state index contributed by atoms with van der Waals surface area (Å²) in [5.41, 5.74) is 1.71. The Morgan fingerprint density at radius 2 is 2.13 bits per heavy atom. The average molecular weight is 338 g/mol. The van der Waals surface area contributed by atoms with Gasteiger partial charge in [0.15, 0.2) is 5.69 Å². The zero-order chi connectivity index (χ0) is 16.8. The molecule has 0 bridgehead atoms. The molecule has 7 nitrogen and oxygen atoms in total. The van der Waals surface area contributed by atoms with Crippen LogP contribution in [-0.4, -0.2) is 46.5 Å². The molecule has 1 heterocycles. The first-order chi connectivity index (χ1) is 11.0. The van der Waals surface area contributed by atoms with Gasteiger partial charge in [-0.2, -0.15) is 5.10 Å². The van der Waals surface area contributed by atoms with Crippen LogP contribution in [0.4, 0.5) is 0 Å². The summed E-state index contributed by atoms with van der Waals surface area (Å²) >= 11 is 6.14. The lowest BCUT2D eigenvalue weighted by molar-refractivity contribution is -0.142. The van der Waals surface area contributed by atoms with E-state index in [-0.39, 0.29) is 24.8 Å². The SMILES string of the molecule is Cc1cc(C(=O)NCCOCC(=O)O)nn1-c1ccccc1Cl. The molecule has 0 radical (unpaired) electrons. The van der Waals surface area contributed by atoms with Gasteiger partial charge in [-0.3, -0.25) is 4.79 Å². The lowest BCUT2D eigenvalue weighted by Crippen LogP contribution is -2.28. The number of rotatable bonds is 7. The number of nitrogens with one attached hydrogen (secondary N) is 1. The van der Waals surface area contributed by atoms with Crippen LogP contribution < -0.4 is 5.32 Å². The Balaban J connectivity index is 1.99. The largest absolute Gasteiger partial charge is 0.480 e. The molecule has 0 spiro atoms. The lowest BCUT2D eigenvalue weighted by atomic mass is 10.3. The molecule has 0 fully saturated rings. The molecule has 1 aromatic carbocycles. The van der Waals surface area contributed by atoms with E-state index in [2.05, 4.69) is 10.4 Å². The maximum atomic E-state index is 12.0. The predicted octanol–water partition coefficient (Wildman–Crippen LogP) is 1.67. The summed E-state index contributed by atoms with van der Waals surface area (Å²) in [4.78, 5) is 22.3. The molecule has 0 aliphatic rings. The Labute approximate surface area is 137 Å². The molecule has 8 heteroatoms. The number of para-hydroxylation sites is 1. The number of carbonyl (C=O) groups is 2. The number of aliphatic carboxylic acids is 1. The smallest absolute Gasteiger partial charge is 0.329 e. The van der Waals surface area contributed by atoms with Crippen LogP contribution in [0.2, 0.25) is 5.02 Å². The van der Waals surface area contributed by atoms with Crippen LogP contribution >= 0.6 is 11.6 Å². The molecule has 0 unspecified atom stereocenters. The van der Waals surface area contributed by atoms with E-state index in [0.717, 1.165) is 5.69 Å². The maximum absolute atomic E-state index is 12.0. The van der Waals surface area contributed by atoms with Gasteiger partial charge in [0.1, 0.15) is 6.61 Å². The Kier molecular flexibility index (Phi) is 5.72. The number of carboxylic acid groups (broad SMARTS) is 1. The number of carboxylic acids is 1. The van der Waals surface area contributed by atoms with Gasteiger partial charge in [0.2, 0.25) is 0 Å². The summed E-state index contributed by atoms with van der Waals surface area (Å²) in [6, 6.07) is 8.86. The summed E-state index contributed by atoms with van der Waals surface area (Å²) in [5, 5.41) is 15.8. The third-order valence-electron chi connectivity index (χ3n) is 2.96. The molecule has 0 saturated heterocycles. The molecule has 1 amide bonds. The van der Waals surface area contributed by atoms with E-state index >= 15 is 0 Å². The minimum atomic E-state index is -1.05. The first-order valence-electron chi connectivity index (χ1n) is 6.88. The maximum Gasteiger partial charge on any atom is 0.329 e. The van der Waals surface area contributed by atoms with Gasteiger partial charge in [-0.05, 0) is 25.1 Å². The molecule has 1 aromatic heterocycles. The number of ether oxygens (including phenoxy) is 1. The van der Waals surface area contributed by atoms with Crippen molar-refractivity contribution in [3.05, 3.63) is 46.7 Å². The van der Waals surface area contributed by atoms with Crippen LogP contribution in [0.15, 0.2) is 30.3 Å². The fourth-order valence-corrected chi connectivity index (χ4v) is 2.16. The van der Waals surface area contributed by atoms with Gasteiger partial charge in [0.05, 0.1) is 17.3 Å². The fraction of sp³-hybridized carbons (Fsp3) is 0.267. The zero-order valence-corrected chi connectivity index (χ0v) is 13.2. The van der Waals surface area contributed by atoms with Gasteiger partial charge < -0.3 is 15.2 Å². The highest BCUT2D eigenvalue weighted by atomic mass is 35.5. The van der Waals surface area contributed by atoms with E-state index in [4.69, 9.17) is 21.4 Å². The minimum absolute atomic E-state index is 0.113. The van der Waals surface area contributed by atoms with Crippen molar-refractivity contribution < 1.29 is 19.4 Å². The van der Waals surface area contributed by atoms with Crippen molar-refractivity contribution in [1.82, 2.24) is 15.1 Å². The zero-order valence-electron chi connectivity index (χ0n) is 12.5. The standard InChI is InChI=1S/C15H16ClN3O4/c1-10-8-12(15(22)17-6-7-23-9-14(20)21)18-19(10)13-5-3-2-4-11(13)16/h2-5,8H,6-7,9H2,1H3,(H,17,22)(H,20,21). The molecule has 0 saturated carbocycles. The molecule has 2 aromatic rings. The normalized spacial score (nSPS) is 10.5. The third-order valence-corrected chi connectivity index (χ3v) is 3.28. The number of aryl methyl sites for hydroxylation is 1. The molecule has 0 aliphatic heterocycles. The molecule has 0 atom stereocenters. The van der Waals surface area contributed by atoms with E-state index in [1.54, 1.807) is 16.8 Å². The fourth-order valence-electron chi connectivity index (χ4n) is 1.94. The third kappa shape index (κ3) is 4.54. The summed E-state index contributed by atoms with van der Waals surface area (Å²) in [6.07, 6.45) is 0. The highest BCUT2D eigenvalue weighted by Gasteiger charge is 2.14. The Bertz CT molecular complexity index is 714. The summed E-state index contributed by atoms with van der Waals surface area (Å²) in [5.74, 6) is -1.41. The predicted molar refractivity (Wildman–Crippen MR) is 84.1 cm³/mol. The van der Waals surface area contributed by atoms with E-state index in [0.29, 0.717) is 10.7 Å². The van der Waals surface area contributed by atoms with Crippen LogP contribution in [0, 0.1) is 6.92 Å². The Morgan fingerprint density at radius 1 is 1.39 bits per heavy atom. The van der Waals surface area contributed by atoms with Crippen molar-refractivity contribution in [1.29, 1.82) is 0 Å². The Morgan fingerprint density at radius 3 is 2.83 bits per heavy atom. The van der Waals surface area contributed by atoms with Crippen LogP contribution in [0.1, 0.15) is 16.2 Å². The van der Waals surface area contributed by atoms with Crippen LogP contribution in [-0.2, 0) is 9.53 Å². The van der Waals surface area contributed by atoms with Crippen molar-refractivity contribution in [3.63, 3.8) is 0 Å². The lowest BCUT2D eigenvalue weighted by Gasteiger charge is -2.06. The highest BCUT2D eigenvalue weighted by Crippen LogP contribution is 2.21. The minimum Gasteiger partial charge on any atom is -0.480 e. The van der Waals surface area contributed by atoms with Crippen LogP contribution in [0.3, 0.4) is 0 Å². The van der Waals surface area contributed by atoms with E-state index in [1.165, 1.54) is 0 Å². The quantitative estimate of drug-likeness (QED) is 0.749. The van der Waals surface area contributed by atoms with E-state index < -0.39 is 12.6 Å². The second-order valence-electron chi connectivity index (χ2n) is 4.74. The number of aromatic nitrogens is 2. The number of carbonyl (C=O) groups excluding carboxylic acids is 1. The van der Waals surface area contributed by atoms with Gasteiger partial charge in [0.25, 0.3) is 5.91 Å². The summed E-state index contributed by atoms with van der Waals surface area (Å²) < 4.78 is 6.43. The molecule has 122 valence electrons. The second kappa shape index (κ2) is 7.75. The van der Waals surface area contributed by atoms with Crippen LogP contribution in [0.25, 0.3) is 5.69 Å². The molecular formula is C15H16ClN3O4. The molecule has 2 N–H and O–H groups in total. The second-order valence-corrected chi connectivity index (χ2v) is 5.14. The van der Waals surface area contributed by atoms with Crippen molar-refractivity contribution in [3.8, 4) is 5.69 Å². The van der Waals surface area contributed by atoms with Gasteiger partial charge in [-0.25, -0.2) is 9.48 Å². The van der Waals surface area contributed by atoms with Crippen molar-refractivity contribution in [2.75, 3.05) is 19.8 Å². The number of hydrogen-bond donors (Lipinski definition) is 2. The number of halogens is 1. The van der Waals surface area contributed by atoms with Gasteiger partial charge in [0, 0.05) is 12.2 Å². The number of benzene rings is 1. The van der Waals surface area contributed by atoms with Crippen molar-refractivity contribution in [2.24, 2.45) is 0 Å². The van der Waals surface area contributed by atoms with Crippen molar-refractivity contribution in [2.45, 2.75) is 6.92 Å². The molecule has 23 heavy (non-hydrogen) atoms. The summed E-state index contributed by atoms with van der Waals surface area (Å²) in [6.45, 7) is 1.74. The molecular weight excluding hydrogens is 322 g/mol. The highest BCUT2D eigenvalue weighted by molar-refractivity contribution is 6.32. The monoisotopic (exact) mass is 337 g/mol. The number of nitrogens with zero attached hydrogens (tertiary/aromatic N) is 2. The molecule has 2 rings (SSSR count). The Hall–Kier alpha value is -2.38. The number of hydrogen-bond acceptors (Lipinski definition) is 4. The van der Waals surface area contributed by atoms with E-state index in [1.807, 2.05) is 25.1 Å². The molecule has 0 aliphatic carbocycles. The number of amides is 1. The summed E-state index contributed by atoms with van der Waals surface area (Å²) in [7, 11) is 0. The van der Waals surface area contributed by atoms with Gasteiger partial charge >= 0.3 is 5.97 Å². The van der Waals surface area contributed by atoms with Gasteiger partial charge in [-0.15, -0.1) is 0 Å². The first-order valence-corrected chi connectivity index (χ1v) is 7.26.